The molecule has 0 saturated carbocycles. The van der Waals surface area contributed by atoms with E-state index in [2.05, 4.69) is 5.32 Å². The van der Waals surface area contributed by atoms with Gasteiger partial charge in [-0.2, -0.15) is 0 Å². The lowest BCUT2D eigenvalue weighted by molar-refractivity contribution is -0.137. The van der Waals surface area contributed by atoms with Crippen LogP contribution in [0.25, 0.3) is 0 Å². The maximum atomic E-state index is 11.2. The van der Waals surface area contributed by atoms with E-state index >= 15 is 0 Å². The molecule has 0 spiro atoms. The number of sulfone groups is 1. The molecule has 0 heterocycles. The molecule has 0 aromatic heterocycles. The normalized spacial score (nSPS) is 10.9. The third-order valence-corrected chi connectivity index (χ3v) is 3.16. The molecule has 0 saturated heterocycles. The molecular formula is C10H12N2O4S. The van der Waals surface area contributed by atoms with Crippen molar-refractivity contribution < 1.29 is 18.0 Å². The highest BCUT2D eigenvalue weighted by Gasteiger charge is 2.09. The molecule has 0 atom stereocenters. The number of carbonyl (C=O) groups excluding carboxylic acids is 2. The van der Waals surface area contributed by atoms with Crippen LogP contribution in [0.1, 0.15) is 5.56 Å². The Bertz CT molecular complexity index is 534. The molecule has 17 heavy (non-hydrogen) atoms. The number of carbonyl (C=O) groups is 2. The minimum atomic E-state index is -3.23. The zero-order valence-electron chi connectivity index (χ0n) is 9.14. The Kier molecular flexibility index (Phi) is 3.84. The van der Waals surface area contributed by atoms with Crippen molar-refractivity contribution in [2.75, 3.05) is 6.26 Å². The second-order valence-electron chi connectivity index (χ2n) is 3.46. The Hall–Kier alpha value is -1.89. The van der Waals surface area contributed by atoms with E-state index in [9.17, 15) is 18.0 Å². The summed E-state index contributed by atoms with van der Waals surface area (Å²) in [5, 5.41) is 2.29. The van der Waals surface area contributed by atoms with Crippen molar-refractivity contribution in [3.05, 3.63) is 29.8 Å². The topological polar surface area (TPSA) is 106 Å². The fourth-order valence-corrected chi connectivity index (χ4v) is 1.75. The van der Waals surface area contributed by atoms with Crippen molar-refractivity contribution >= 4 is 21.7 Å². The van der Waals surface area contributed by atoms with Gasteiger partial charge in [0.1, 0.15) is 0 Å². The molecule has 0 aliphatic rings. The molecular weight excluding hydrogens is 244 g/mol. The first-order valence-corrected chi connectivity index (χ1v) is 6.56. The molecule has 3 N–H and O–H groups in total. The summed E-state index contributed by atoms with van der Waals surface area (Å²) in [5.41, 5.74) is 5.42. The van der Waals surface area contributed by atoms with Crippen molar-refractivity contribution in [1.82, 2.24) is 5.32 Å². The van der Waals surface area contributed by atoms with E-state index in [0.717, 1.165) is 6.26 Å². The molecule has 0 radical (unpaired) electrons. The van der Waals surface area contributed by atoms with Crippen molar-refractivity contribution in [2.24, 2.45) is 5.73 Å². The van der Waals surface area contributed by atoms with Gasteiger partial charge in [0.15, 0.2) is 9.84 Å². The molecule has 1 rings (SSSR count). The molecule has 0 fully saturated rings. The third-order valence-electron chi connectivity index (χ3n) is 2.03. The highest BCUT2D eigenvalue weighted by Crippen LogP contribution is 2.09. The first-order chi connectivity index (χ1) is 7.80. The van der Waals surface area contributed by atoms with Gasteiger partial charge in [-0.3, -0.25) is 9.59 Å². The first kappa shape index (κ1) is 13.2. The summed E-state index contributed by atoms with van der Waals surface area (Å²) in [6, 6.07) is 5.97. The van der Waals surface area contributed by atoms with Gasteiger partial charge in [-0.05, 0) is 17.7 Å². The Balaban J connectivity index is 2.70. The fraction of sp³-hybridized carbons (Fsp3) is 0.200. The van der Waals surface area contributed by atoms with Crippen LogP contribution in [0.15, 0.2) is 29.2 Å². The van der Waals surface area contributed by atoms with E-state index in [1.165, 1.54) is 12.1 Å². The van der Waals surface area contributed by atoms with Crippen molar-refractivity contribution in [3.63, 3.8) is 0 Å². The quantitative estimate of drug-likeness (QED) is 0.690. The first-order valence-electron chi connectivity index (χ1n) is 4.67. The van der Waals surface area contributed by atoms with Crippen LogP contribution in [-0.2, 0) is 26.0 Å². The van der Waals surface area contributed by atoms with Crippen LogP contribution >= 0.6 is 0 Å². The number of nitrogens with one attached hydrogen (secondary N) is 1. The monoisotopic (exact) mass is 256 g/mol. The molecule has 1 aromatic carbocycles. The summed E-state index contributed by atoms with van der Waals surface area (Å²) >= 11 is 0. The molecule has 0 aliphatic heterocycles. The van der Waals surface area contributed by atoms with Gasteiger partial charge in [0.05, 0.1) is 4.90 Å². The Morgan fingerprint density at radius 3 is 2.18 bits per heavy atom. The maximum absolute atomic E-state index is 11.2. The lowest BCUT2D eigenvalue weighted by Gasteiger charge is -2.04. The minimum Gasteiger partial charge on any atom is -0.361 e. The largest absolute Gasteiger partial charge is 0.361 e. The Labute approximate surface area is 98.7 Å². The Morgan fingerprint density at radius 2 is 1.76 bits per heavy atom. The maximum Gasteiger partial charge on any atom is 0.309 e. The summed E-state index contributed by atoms with van der Waals surface area (Å²) in [5.74, 6) is -1.94. The predicted octanol–water partition coefficient (Wildman–Crippen LogP) is -0.808. The van der Waals surface area contributed by atoms with Crippen LogP contribution in [0.5, 0.6) is 0 Å². The van der Waals surface area contributed by atoms with E-state index < -0.39 is 21.7 Å². The number of primary amides is 1. The van der Waals surface area contributed by atoms with Gasteiger partial charge in [0, 0.05) is 12.8 Å². The third kappa shape index (κ3) is 3.87. The molecule has 0 bridgehead atoms. The number of hydrogen-bond acceptors (Lipinski definition) is 4. The van der Waals surface area contributed by atoms with Crippen LogP contribution in [0, 0.1) is 0 Å². The smallest absolute Gasteiger partial charge is 0.309 e. The van der Waals surface area contributed by atoms with Gasteiger partial charge >= 0.3 is 11.8 Å². The van der Waals surface area contributed by atoms with Gasteiger partial charge in [0.2, 0.25) is 0 Å². The zero-order valence-corrected chi connectivity index (χ0v) is 9.95. The Morgan fingerprint density at radius 1 is 1.24 bits per heavy atom. The summed E-state index contributed by atoms with van der Waals surface area (Å²) in [7, 11) is -3.23. The number of benzene rings is 1. The van der Waals surface area contributed by atoms with E-state index in [0.29, 0.717) is 5.56 Å². The van der Waals surface area contributed by atoms with E-state index in [1.54, 1.807) is 12.1 Å². The SMILES string of the molecule is CS(=O)(=O)c1ccc(CNC(=O)C(N)=O)cc1. The molecule has 1 aromatic rings. The van der Waals surface area contributed by atoms with Crippen LogP contribution in [-0.4, -0.2) is 26.5 Å². The number of nitrogens with two attached hydrogens (primary N) is 1. The number of rotatable bonds is 3. The standard InChI is InChI=1S/C10H12N2O4S/c1-17(15,16)8-4-2-7(3-5-8)6-12-10(14)9(11)13/h2-5H,6H2,1H3,(H2,11,13)(H,12,14). The summed E-state index contributed by atoms with van der Waals surface area (Å²) in [4.78, 5) is 21.5. The van der Waals surface area contributed by atoms with Crippen LogP contribution < -0.4 is 11.1 Å². The second-order valence-corrected chi connectivity index (χ2v) is 5.48. The molecule has 6 nitrogen and oxygen atoms in total. The summed E-state index contributed by atoms with van der Waals surface area (Å²) < 4.78 is 22.3. The molecule has 7 heteroatoms. The average molecular weight is 256 g/mol. The predicted molar refractivity (Wildman–Crippen MR) is 60.6 cm³/mol. The highest BCUT2D eigenvalue weighted by atomic mass is 32.2. The average Bonchev–Trinajstić information content (AvgIpc) is 2.25. The summed E-state index contributed by atoms with van der Waals surface area (Å²) in [6.07, 6.45) is 1.11. The van der Waals surface area contributed by atoms with Crippen molar-refractivity contribution in [2.45, 2.75) is 11.4 Å². The van der Waals surface area contributed by atoms with Gasteiger partial charge in [-0.25, -0.2) is 8.42 Å². The van der Waals surface area contributed by atoms with E-state index in [4.69, 9.17) is 5.73 Å². The summed E-state index contributed by atoms with van der Waals surface area (Å²) in [6.45, 7) is 0.117. The van der Waals surface area contributed by atoms with E-state index in [1.807, 2.05) is 0 Å². The second kappa shape index (κ2) is 4.96. The van der Waals surface area contributed by atoms with Gasteiger partial charge in [-0.15, -0.1) is 0 Å². The van der Waals surface area contributed by atoms with Crippen LogP contribution in [0.4, 0.5) is 0 Å². The lowest BCUT2D eigenvalue weighted by atomic mass is 10.2. The number of amides is 2. The lowest BCUT2D eigenvalue weighted by Crippen LogP contribution is -2.35. The van der Waals surface area contributed by atoms with Gasteiger partial charge in [-0.1, -0.05) is 12.1 Å². The van der Waals surface area contributed by atoms with Gasteiger partial charge < -0.3 is 11.1 Å². The van der Waals surface area contributed by atoms with Crippen molar-refractivity contribution in [1.29, 1.82) is 0 Å². The fourth-order valence-electron chi connectivity index (χ4n) is 1.12. The molecule has 0 unspecified atom stereocenters. The highest BCUT2D eigenvalue weighted by molar-refractivity contribution is 7.90. The number of hydrogen-bond donors (Lipinski definition) is 2. The van der Waals surface area contributed by atoms with Gasteiger partial charge in [0.25, 0.3) is 0 Å². The van der Waals surface area contributed by atoms with E-state index in [-0.39, 0.29) is 11.4 Å². The molecule has 92 valence electrons. The molecule has 0 aliphatic carbocycles. The minimum absolute atomic E-state index is 0.117. The molecule has 2 amide bonds. The van der Waals surface area contributed by atoms with Crippen molar-refractivity contribution in [3.8, 4) is 0 Å². The van der Waals surface area contributed by atoms with Crippen LogP contribution in [0.2, 0.25) is 0 Å². The zero-order chi connectivity index (χ0) is 13.1. The van der Waals surface area contributed by atoms with Crippen LogP contribution in [0.3, 0.4) is 0 Å².